The van der Waals surface area contributed by atoms with Crippen molar-refractivity contribution in [1.82, 2.24) is 9.78 Å². The number of aryl methyl sites for hydroxylation is 1. The minimum atomic E-state index is -0.564. The number of nitrogens with zero attached hydrogens (tertiary/aromatic N) is 2. The summed E-state index contributed by atoms with van der Waals surface area (Å²) in [7, 11) is 1.67. The molecule has 0 radical (unpaired) electrons. The van der Waals surface area contributed by atoms with Crippen molar-refractivity contribution in [3.63, 3.8) is 0 Å². The SMILES string of the molecule is COCCCn1ccc(NC(=O)[C@@H](N)C(C)(C)C)n1.Cl. The van der Waals surface area contributed by atoms with Crippen molar-refractivity contribution < 1.29 is 9.53 Å². The molecule has 0 aliphatic heterocycles. The highest BCUT2D eigenvalue weighted by molar-refractivity contribution is 5.94. The Labute approximate surface area is 126 Å². The molecule has 0 aliphatic carbocycles. The summed E-state index contributed by atoms with van der Waals surface area (Å²) in [6.45, 7) is 7.24. The highest BCUT2D eigenvalue weighted by atomic mass is 35.5. The first-order valence-electron chi connectivity index (χ1n) is 6.43. The topological polar surface area (TPSA) is 82.2 Å². The Hall–Kier alpha value is -1.11. The molecule has 1 amide bonds. The summed E-state index contributed by atoms with van der Waals surface area (Å²) in [5.41, 5.74) is 5.61. The van der Waals surface area contributed by atoms with E-state index >= 15 is 0 Å². The Kier molecular flexibility index (Phi) is 7.78. The van der Waals surface area contributed by atoms with Gasteiger partial charge in [0.2, 0.25) is 5.91 Å². The van der Waals surface area contributed by atoms with Crippen LogP contribution in [0, 0.1) is 5.41 Å². The van der Waals surface area contributed by atoms with Crippen molar-refractivity contribution in [2.45, 2.75) is 39.8 Å². The van der Waals surface area contributed by atoms with Gasteiger partial charge in [0.25, 0.3) is 0 Å². The molecule has 0 saturated carbocycles. The number of carbonyl (C=O) groups excluding carboxylic acids is 1. The molecule has 3 N–H and O–H groups in total. The zero-order valence-corrected chi connectivity index (χ0v) is 13.4. The normalized spacial score (nSPS) is 12.7. The fourth-order valence-corrected chi connectivity index (χ4v) is 1.52. The van der Waals surface area contributed by atoms with E-state index in [2.05, 4.69) is 10.4 Å². The highest BCUT2D eigenvalue weighted by Gasteiger charge is 2.27. The summed E-state index contributed by atoms with van der Waals surface area (Å²) in [6.07, 6.45) is 2.71. The molecular formula is C13H25ClN4O2. The Morgan fingerprint density at radius 1 is 1.55 bits per heavy atom. The Morgan fingerprint density at radius 3 is 2.75 bits per heavy atom. The van der Waals surface area contributed by atoms with Gasteiger partial charge >= 0.3 is 0 Å². The van der Waals surface area contributed by atoms with Gasteiger partial charge in [-0.3, -0.25) is 9.48 Å². The first-order valence-corrected chi connectivity index (χ1v) is 6.43. The van der Waals surface area contributed by atoms with Gasteiger partial charge in [0.15, 0.2) is 5.82 Å². The number of nitrogens with two attached hydrogens (primary N) is 1. The van der Waals surface area contributed by atoms with Gasteiger partial charge in [-0.25, -0.2) is 0 Å². The van der Waals surface area contributed by atoms with Crippen molar-refractivity contribution in [2.24, 2.45) is 11.1 Å². The molecule has 0 fully saturated rings. The van der Waals surface area contributed by atoms with Gasteiger partial charge in [0, 0.05) is 32.5 Å². The maximum Gasteiger partial charge on any atom is 0.243 e. The molecule has 0 aromatic carbocycles. The highest BCUT2D eigenvalue weighted by Crippen LogP contribution is 2.18. The molecule has 1 aromatic heterocycles. The van der Waals surface area contributed by atoms with Gasteiger partial charge in [-0.2, -0.15) is 5.10 Å². The Balaban J connectivity index is 0.00000361. The van der Waals surface area contributed by atoms with Gasteiger partial charge < -0.3 is 15.8 Å². The average molecular weight is 305 g/mol. The second-order valence-electron chi connectivity index (χ2n) is 5.64. The number of anilines is 1. The molecule has 1 heterocycles. The van der Waals surface area contributed by atoms with Crippen LogP contribution in [0.1, 0.15) is 27.2 Å². The van der Waals surface area contributed by atoms with E-state index < -0.39 is 6.04 Å². The van der Waals surface area contributed by atoms with Gasteiger partial charge in [-0.05, 0) is 11.8 Å². The fourth-order valence-electron chi connectivity index (χ4n) is 1.52. The van der Waals surface area contributed by atoms with Crippen molar-refractivity contribution >= 4 is 24.1 Å². The molecule has 1 aromatic rings. The lowest BCUT2D eigenvalue weighted by molar-refractivity contribution is -0.119. The number of hydrogen-bond acceptors (Lipinski definition) is 4. The molecule has 0 unspecified atom stereocenters. The summed E-state index contributed by atoms with van der Waals surface area (Å²) in [5, 5.41) is 6.99. The zero-order valence-electron chi connectivity index (χ0n) is 12.5. The maximum absolute atomic E-state index is 11.9. The average Bonchev–Trinajstić information content (AvgIpc) is 2.75. The Morgan fingerprint density at radius 2 is 2.20 bits per heavy atom. The van der Waals surface area contributed by atoms with Crippen LogP contribution < -0.4 is 11.1 Å². The van der Waals surface area contributed by atoms with Gasteiger partial charge in [-0.15, -0.1) is 12.4 Å². The number of nitrogens with one attached hydrogen (secondary N) is 1. The Bertz CT molecular complexity index is 415. The van der Waals surface area contributed by atoms with Crippen LogP contribution in [0.3, 0.4) is 0 Å². The lowest BCUT2D eigenvalue weighted by Crippen LogP contribution is -2.45. The number of ether oxygens (including phenoxy) is 1. The second kappa shape index (κ2) is 8.24. The second-order valence-corrected chi connectivity index (χ2v) is 5.64. The van der Waals surface area contributed by atoms with Crippen molar-refractivity contribution in [3.8, 4) is 0 Å². The van der Waals surface area contributed by atoms with Gasteiger partial charge in [0.05, 0.1) is 6.04 Å². The van der Waals surface area contributed by atoms with E-state index in [1.807, 2.05) is 27.0 Å². The van der Waals surface area contributed by atoms with Crippen LogP contribution in [-0.2, 0) is 16.1 Å². The number of carbonyl (C=O) groups is 1. The first kappa shape index (κ1) is 18.9. The van der Waals surface area contributed by atoms with Crippen LogP contribution in [0.4, 0.5) is 5.82 Å². The van der Waals surface area contributed by atoms with E-state index in [-0.39, 0.29) is 23.7 Å². The van der Waals surface area contributed by atoms with E-state index in [0.717, 1.165) is 13.0 Å². The lowest BCUT2D eigenvalue weighted by Gasteiger charge is -2.25. The monoisotopic (exact) mass is 304 g/mol. The minimum Gasteiger partial charge on any atom is -0.385 e. The number of methoxy groups -OCH3 is 1. The molecule has 0 spiro atoms. The van der Waals surface area contributed by atoms with E-state index in [1.54, 1.807) is 17.9 Å². The van der Waals surface area contributed by atoms with Crippen molar-refractivity contribution in [3.05, 3.63) is 12.3 Å². The molecule has 116 valence electrons. The van der Waals surface area contributed by atoms with Crippen LogP contribution in [-0.4, -0.2) is 35.4 Å². The molecule has 1 atom stereocenters. The minimum absolute atomic E-state index is 0. The number of halogens is 1. The quantitative estimate of drug-likeness (QED) is 0.783. The van der Waals surface area contributed by atoms with Crippen LogP contribution in [0.25, 0.3) is 0 Å². The third kappa shape index (κ3) is 5.90. The van der Waals surface area contributed by atoms with Crippen LogP contribution >= 0.6 is 12.4 Å². The smallest absolute Gasteiger partial charge is 0.243 e. The lowest BCUT2D eigenvalue weighted by atomic mass is 9.87. The molecule has 0 saturated heterocycles. The van der Waals surface area contributed by atoms with E-state index in [1.165, 1.54) is 0 Å². The van der Waals surface area contributed by atoms with Crippen LogP contribution in [0.5, 0.6) is 0 Å². The van der Waals surface area contributed by atoms with Crippen molar-refractivity contribution in [1.29, 1.82) is 0 Å². The molecular weight excluding hydrogens is 280 g/mol. The first-order chi connectivity index (χ1) is 8.84. The summed E-state index contributed by atoms with van der Waals surface area (Å²) in [5.74, 6) is 0.316. The summed E-state index contributed by atoms with van der Waals surface area (Å²) >= 11 is 0. The van der Waals surface area contributed by atoms with Gasteiger partial charge in [0.1, 0.15) is 0 Å². The maximum atomic E-state index is 11.9. The predicted octanol–water partition coefficient (Wildman–Crippen LogP) is 1.65. The number of hydrogen-bond donors (Lipinski definition) is 2. The van der Waals surface area contributed by atoms with Gasteiger partial charge in [-0.1, -0.05) is 20.8 Å². The number of aromatic nitrogens is 2. The van der Waals surface area contributed by atoms with E-state index in [9.17, 15) is 4.79 Å². The molecule has 1 rings (SSSR count). The number of rotatable bonds is 6. The largest absolute Gasteiger partial charge is 0.385 e. The van der Waals surface area contributed by atoms with Crippen molar-refractivity contribution in [2.75, 3.05) is 19.0 Å². The molecule has 6 nitrogen and oxygen atoms in total. The van der Waals surface area contributed by atoms with E-state index in [4.69, 9.17) is 10.5 Å². The molecule has 20 heavy (non-hydrogen) atoms. The third-order valence-electron chi connectivity index (χ3n) is 2.84. The molecule has 0 bridgehead atoms. The third-order valence-corrected chi connectivity index (χ3v) is 2.84. The summed E-state index contributed by atoms with van der Waals surface area (Å²) in [6, 6.07) is 1.20. The van der Waals surface area contributed by atoms with Crippen LogP contribution in [0.15, 0.2) is 12.3 Å². The number of amides is 1. The standard InChI is InChI=1S/C13H24N4O2.ClH/c1-13(2,3)11(14)12(18)15-10-6-8-17(16-10)7-5-9-19-4;/h6,8,11H,5,7,9,14H2,1-4H3,(H,15,16,18);1H/t11-;/m1./s1. The zero-order chi connectivity index (χ0) is 14.5. The predicted molar refractivity (Wildman–Crippen MR) is 82.0 cm³/mol. The molecule has 7 heteroatoms. The summed E-state index contributed by atoms with van der Waals surface area (Å²) < 4.78 is 6.75. The fraction of sp³-hybridized carbons (Fsp3) is 0.692. The van der Waals surface area contributed by atoms with Crippen LogP contribution in [0.2, 0.25) is 0 Å². The molecule has 0 aliphatic rings. The van der Waals surface area contributed by atoms with E-state index in [0.29, 0.717) is 12.4 Å². The summed E-state index contributed by atoms with van der Waals surface area (Å²) in [4.78, 5) is 11.9.